The van der Waals surface area contributed by atoms with E-state index >= 15 is 0 Å². The highest BCUT2D eigenvalue weighted by atomic mass is 32.2. The molecular formula is C30H37N3O7S. The third kappa shape index (κ3) is 7.90. The molecule has 4 rings (SSSR count). The molecule has 1 saturated heterocycles. The van der Waals surface area contributed by atoms with Crippen LogP contribution in [-0.4, -0.2) is 72.9 Å². The molecule has 1 aliphatic heterocycles. The van der Waals surface area contributed by atoms with Gasteiger partial charge in [-0.2, -0.15) is 0 Å². The Labute approximate surface area is 241 Å². The van der Waals surface area contributed by atoms with Crippen LogP contribution in [0.3, 0.4) is 0 Å². The molecule has 0 saturated carbocycles. The van der Waals surface area contributed by atoms with Gasteiger partial charge in [0, 0.05) is 32.2 Å². The van der Waals surface area contributed by atoms with Crippen LogP contribution in [-0.2, 0) is 32.6 Å². The molecule has 0 aliphatic carbocycles. The minimum absolute atomic E-state index is 0.0346. The number of ether oxygens (including phenoxy) is 4. The number of rotatable bonds is 13. The van der Waals surface area contributed by atoms with Gasteiger partial charge in [0.25, 0.3) is 10.0 Å². The van der Waals surface area contributed by atoms with Gasteiger partial charge in [-0.3, -0.25) is 14.0 Å². The number of anilines is 1. The lowest BCUT2D eigenvalue weighted by Gasteiger charge is -2.26. The van der Waals surface area contributed by atoms with Crippen molar-refractivity contribution in [2.24, 2.45) is 0 Å². The van der Waals surface area contributed by atoms with Crippen molar-refractivity contribution in [3.05, 3.63) is 77.9 Å². The van der Waals surface area contributed by atoms with Gasteiger partial charge in [0.2, 0.25) is 5.91 Å². The fourth-order valence-electron chi connectivity index (χ4n) is 4.54. The number of nitrogens with zero attached hydrogens (tertiary/aromatic N) is 2. The summed E-state index contributed by atoms with van der Waals surface area (Å²) in [5, 5.41) is 2.88. The number of carbonyl (C=O) groups is 1. The molecule has 0 radical (unpaired) electrons. The van der Waals surface area contributed by atoms with E-state index in [9.17, 15) is 13.2 Å². The molecule has 1 N–H and O–H groups in total. The molecule has 41 heavy (non-hydrogen) atoms. The maximum Gasteiger partial charge on any atom is 0.264 e. The minimum atomic E-state index is -4.16. The van der Waals surface area contributed by atoms with E-state index in [4.69, 9.17) is 18.9 Å². The standard InChI is InChI=1S/C30H37N3O7S/c1-4-40-26-10-8-25(9-11-26)33(41(35,36)27-12-13-28(37-2)29(19-27)38-3)22-30(34)31-20-23-6-5-7-24(18-23)21-32-14-16-39-17-15-32/h5-13,18-19H,4,14-17,20-22H2,1-3H3,(H,31,34). The third-order valence-electron chi connectivity index (χ3n) is 6.66. The maximum absolute atomic E-state index is 13.9. The van der Waals surface area contributed by atoms with Crippen LogP contribution in [0.1, 0.15) is 18.1 Å². The lowest BCUT2D eigenvalue weighted by molar-refractivity contribution is -0.119. The quantitative estimate of drug-likeness (QED) is 0.326. The average molecular weight is 584 g/mol. The summed E-state index contributed by atoms with van der Waals surface area (Å²) < 4.78 is 50.3. The van der Waals surface area contributed by atoms with Crippen LogP contribution >= 0.6 is 0 Å². The Morgan fingerprint density at radius 2 is 1.66 bits per heavy atom. The molecular weight excluding hydrogens is 546 g/mol. The number of morpholine rings is 1. The second kappa shape index (κ2) is 14.2. The first-order valence-corrected chi connectivity index (χ1v) is 14.9. The van der Waals surface area contributed by atoms with Crippen LogP contribution < -0.4 is 23.8 Å². The van der Waals surface area contributed by atoms with Crippen molar-refractivity contribution < 1.29 is 32.2 Å². The normalized spacial score (nSPS) is 13.8. The first-order chi connectivity index (χ1) is 19.8. The summed E-state index contributed by atoms with van der Waals surface area (Å²) in [6.07, 6.45) is 0. The molecule has 1 aliphatic rings. The molecule has 220 valence electrons. The van der Waals surface area contributed by atoms with Crippen LogP contribution in [0, 0.1) is 0 Å². The highest BCUT2D eigenvalue weighted by molar-refractivity contribution is 7.92. The summed E-state index contributed by atoms with van der Waals surface area (Å²) in [5.74, 6) is 0.817. The number of methoxy groups -OCH3 is 2. The van der Waals surface area contributed by atoms with E-state index in [0.717, 1.165) is 48.3 Å². The van der Waals surface area contributed by atoms with Crippen molar-refractivity contribution in [3.8, 4) is 17.2 Å². The van der Waals surface area contributed by atoms with E-state index < -0.39 is 22.5 Å². The lowest BCUT2D eigenvalue weighted by Crippen LogP contribution is -2.40. The number of hydrogen-bond donors (Lipinski definition) is 1. The Morgan fingerprint density at radius 3 is 2.34 bits per heavy atom. The van der Waals surface area contributed by atoms with Crippen molar-refractivity contribution in [2.75, 3.05) is 58.0 Å². The van der Waals surface area contributed by atoms with Gasteiger partial charge in [-0.05, 0) is 54.4 Å². The second-order valence-corrected chi connectivity index (χ2v) is 11.3. The third-order valence-corrected chi connectivity index (χ3v) is 8.43. The summed E-state index contributed by atoms with van der Waals surface area (Å²) in [6.45, 7) is 6.22. The van der Waals surface area contributed by atoms with Gasteiger partial charge >= 0.3 is 0 Å². The van der Waals surface area contributed by atoms with Crippen molar-refractivity contribution in [1.82, 2.24) is 10.2 Å². The molecule has 0 aromatic heterocycles. The smallest absolute Gasteiger partial charge is 0.264 e. The lowest BCUT2D eigenvalue weighted by atomic mass is 10.1. The fraction of sp³-hybridized carbons (Fsp3) is 0.367. The Bertz CT molecular complexity index is 1410. The van der Waals surface area contributed by atoms with E-state index in [1.807, 2.05) is 19.1 Å². The van der Waals surface area contributed by atoms with Crippen molar-refractivity contribution >= 4 is 21.6 Å². The molecule has 0 unspecified atom stereocenters. The summed E-state index contributed by atoms with van der Waals surface area (Å²) in [7, 11) is -1.25. The summed E-state index contributed by atoms with van der Waals surface area (Å²) in [6, 6.07) is 18.9. The first-order valence-electron chi connectivity index (χ1n) is 13.5. The van der Waals surface area contributed by atoms with Gasteiger partial charge in [-0.15, -0.1) is 0 Å². The molecule has 0 atom stereocenters. The van der Waals surface area contributed by atoms with E-state index in [1.54, 1.807) is 24.3 Å². The van der Waals surface area contributed by atoms with Crippen LogP contribution in [0.4, 0.5) is 5.69 Å². The number of carbonyl (C=O) groups excluding carboxylic acids is 1. The summed E-state index contributed by atoms with van der Waals surface area (Å²) in [4.78, 5) is 15.5. The molecule has 3 aromatic carbocycles. The Morgan fingerprint density at radius 1 is 0.951 bits per heavy atom. The molecule has 1 fully saturated rings. The SMILES string of the molecule is CCOc1ccc(N(CC(=O)NCc2cccc(CN3CCOCC3)c2)S(=O)(=O)c2ccc(OC)c(OC)c2)cc1. The van der Waals surface area contributed by atoms with Crippen molar-refractivity contribution in [2.45, 2.75) is 24.9 Å². The zero-order valence-electron chi connectivity index (χ0n) is 23.7. The predicted octanol–water partition coefficient (Wildman–Crippen LogP) is 3.45. The van der Waals surface area contributed by atoms with Gasteiger partial charge in [0.05, 0.1) is 44.6 Å². The monoisotopic (exact) mass is 583 g/mol. The highest BCUT2D eigenvalue weighted by Gasteiger charge is 2.28. The number of nitrogens with one attached hydrogen (secondary N) is 1. The van der Waals surface area contributed by atoms with Gasteiger partial charge in [0.15, 0.2) is 11.5 Å². The molecule has 10 nitrogen and oxygen atoms in total. The van der Waals surface area contributed by atoms with Crippen molar-refractivity contribution in [1.29, 1.82) is 0 Å². The molecule has 0 bridgehead atoms. The zero-order chi connectivity index (χ0) is 29.2. The number of sulfonamides is 1. The number of benzene rings is 3. The van der Waals surface area contributed by atoms with E-state index in [-0.39, 0.29) is 17.2 Å². The van der Waals surface area contributed by atoms with E-state index in [0.29, 0.717) is 23.8 Å². The Hall–Kier alpha value is -3.80. The van der Waals surface area contributed by atoms with E-state index in [1.165, 1.54) is 32.4 Å². The van der Waals surface area contributed by atoms with Crippen LogP contribution in [0.2, 0.25) is 0 Å². The largest absolute Gasteiger partial charge is 0.494 e. The molecule has 1 heterocycles. The van der Waals surface area contributed by atoms with Crippen molar-refractivity contribution in [3.63, 3.8) is 0 Å². The molecule has 1 amide bonds. The Kier molecular flexibility index (Phi) is 10.4. The average Bonchev–Trinajstić information content (AvgIpc) is 2.99. The van der Waals surface area contributed by atoms with E-state index in [2.05, 4.69) is 22.3 Å². The summed E-state index contributed by atoms with van der Waals surface area (Å²) in [5.41, 5.74) is 2.40. The second-order valence-electron chi connectivity index (χ2n) is 9.44. The number of amides is 1. The van der Waals surface area contributed by atoms with Gasteiger partial charge < -0.3 is 24.3 Å². The van der Waals surface area contributed by atoms with Gasteiger partial charge in [0.1, 0.15) is 12.3 Å². The van der Waals surface area contributed by atoms with Gasteiger partial charge in [-0.25, -0.2) is 8.42 Å². The first kappa shape index (κ1) is 30.2. The highest BCUT2D eigenvalue weighted by Crippen LogP contribution is 2.32. The van der Waals surface area contributed by atoms with Crippen LogP contribution in [0.15, 0.2) is 71.6 Å². The van der Waals surface area contributed by atoms with Crippen LogP contribution in [0.5, 0.6) is 17.2 Å². The summed E-state index contributed by atoms with van der Waals surface area (Å²) >= 11 is 0. The molecule has 0 spiro atoms. The zero-order valence-corrected chi connectivity index (χ0v) is 24.5. The predicted molar refractivity (Wildman–Crippen MR) is 156 cm³/mol. The minimum Gasteiger partial charge on any atom is -0.494 e. The molecule has 3 aromatic rings. The molecule has 11 heteroatoms. The van der Waals surface area contributed by atoms with Crippen LogP contribution in [0.25, 0.3) is 0 Å². The number of hydrogen-bond acceptors (Lipinski definition) is 8. The Balaban J connectivity index is 1.52. The van der Waals surface area contributed by atoms with Gasteiger partial charge in [-0.1, -0.05) is 24.3 Å². The maximum atomic E-state index is 13.9. The topological polar surface area (TPSA) is 107 Å². The fourth-order valence-corrected chi connectivity index (χ4v) is 5.97.